The van der Waals surface area contributed by atoms with E-state index >= 15 is 0 Å². The number of anilines is 2. The lowest BCUT2D eigenvalue weighted by Crippen LogP contribution is -2.49. The minimum atomic E-state index is -0.00323. The Hall–Kier alpha value is -2.41. The molecule has 1 aliphatic heterocycles. The number of piperazine rings is 1. The van der Waals surface area contributed by atoms with E-state index in [-0.39, 0.29) is 23.7 Å². The van der Waals surface area contributed by atoms with Crippen molar-refractivity contribution in [2.75, 3.05) is 36.4 Å². The lowest BCUT2D eigenvalue weighted by Gasteiger charge is -2.35. The van der Waals surface area contributed by atoms with E-state index in [0.717, 1.165) is 62.0 Å². The van der Waals surface area contributed by atoms with Crippen molar-refractivity contribution in [1.82, 2.24) is 9.88 Å². The van der Waals surface area contributed by atoms with E-state index < -0.39 is 0 Å². The average molecular weight is 413 g/mol. The zero-order valence-electron chi connectivity index (χ0n) is 17.1. The van der Waals surface area contributed by atoms with Gasteiger partial charge in [-0.05, 0) is 31.4 Å². The molecule has 0 unspecified atom stereocenters. The van der Waals surface area contributed by atoms with Crippen molar-refractivity contribution in [1.29, 1.82) is 0 Å². The molecule has 1 saturated heterocycles. The predicted octanol–water partition coefficient (Wildman–Crippen LogP) is 3.19. The molecule has 0 radical (unpaired) electrons. The Balaban J connectivity index is 1.36. The van der Waals surface area contributed by atoms with Crippen LogP contribution in [0.25, 0.3) is 0 Å². The van der Waals surface area contributed by atoms with Crippen molar-refractivity contribution in [2.24, 2.45) is 11.8 Å². The van der Waals surface area contributed by atoms with Gasteiger partial charge in [0.1, 0.15) is 0 Å². The number of aromatic nitrogens is 1. The fraction of sp³-hybridized carbons (Fsp3) is 0.500. The number of hydrogen-bond donors (Lipinski definition) is 1. The van der Waals surface area contributed by atoms with E-state index in [2.05, 4.69) is 10.2 Å². The van der Waals surface area contributed by atoms with Crippen molar-refractivity contribution in [3.63, 3.8) is 0 Å². The molecule has 1 N–H and O–H groups in total. The molecular weight excluding hydrogens is 384 g/mol. The first-order chi connectivity index (χ1) is 14.0. The zero-order valence-corrected chi connectivity index (χ0v) is 17.9. The van der Waals surface area contributed by atoms with Crippen LogP contribution in [0.2, 0.25) is 0 Å². The summed E-state index contributed by atoms with van der Waals surface area (Å²) in [5.74, 6) is 0.372. The van der Waals surface area contributed by atoms with Crippen LogP contribution < -0.4 is 10.2 Å². The van der Waals surface area contributed by atoms with Gasteiger partial charge in [0, 0.05) is 48.6 Å². The van der Waals surface area contributed by atoms with Crippen LogP contribution in [-0.4, -0.2) is 47.9 Å². The SMILES string of the molecule is CC(C)C(=O)N1CCN(c2nc3c(s2)C[C@H](C(=O)Nc2ccccc2)CC3)CC1. The maximum absolute atomic E-state index is 12.7. The maximum Gasteiger partial charge on any atom is 0.227 e. The van der Waals surface area contributed by atoms with E-state index in [1.165, 1.54) is 4.88 Å². The van der Waals surface area contributed by atoms with E-state index in [1.54, 1.807) is 11.3 Å². The van der Waals surface area contributed by atoms with Crippen LogP contribution in [0, 0.1) is 11.8 Å². The molecule has 0 bridgehead atoms. The number of carbonyl (C=O) groups excluding carboxylic acids is 2. The molecule has 2 heterocycles. The van der Waals surface area contributed by atoms with Crippen LogP contribution in [0.4, 0.5) is 10.8 Å². The van der Waals surface area contributed by atoms with Crippen molar-refractivity contribution >= 4 is 34.0 Å². The number of aryl methyl sites for hydroxylation is 1. The minimum Gasteiger partial charge on any atom is -0.345 e. The summed E-state index contributed by atoms with van der Waals surface area (Å²) in [6.07, 6.45) is 2.45. The number of rotatable bonds is 4. The summed E-state index contributed by atoms with van der Waals surface area (Å²) >= 11 is 1.72. The highest BCUT2D eigenvalue weighted by Gasteiger charge is 2.30. The summed E-state index contributed by atoms with van der Waals surface area (Å²) in [6, 6.07) is 9.64. The van der Waals surface area contributed by atoms with Crippen LogP contribution in [-0.2, 0) is 22.4 Å². The van der Waals surface area contributed by atoms with Gasteiger partial charge in [-0.15, -0.1) is 11.3 Å². The second-order valence-corrected chi connectivity index (χ2v) is 9.19. The van der Waals surface area contributed by atoms with Crippen LogP contribution in [0.3, 0.4) is 0 Å². The smallest absolute Gasteiger partial charge is 0.227 e. The third-order valence-electron chi connectivity index (χ3n) is 5.70. The Kier molecular flexibility index (Phi) is 5.85. The lowest BCUT2D eigenvalue weighted by molar-refractivity contribution is -0.134. The number of carbonyl (C=O) groups is 2. The summed E-state index contributed by atoms with van der Waals surface area (Å²) in [6.45, 7) is 7.06. The molecule has 1 atom stereocenters. The van der Waals surface area contributed by atoms with Gasteiger partial charge in [0.15, 0.2) is 5.13 Å². The number of para-hydroxylation sites is 1. The largest absolute Gasteiger partial charge is 0.345 e. The van der Waals surface area contributed by atoms with Gasteiger partial charge >= 0.3 is 0 Å². The fourth-order valence-corrected chi connectivity index (χ4v) is 5.21. The molecule has 2 amide bonds. The first-order valence-corrected chi connectivity index (χ1v) is 11.2. The highest BCUT2D eigenvalue weighted by atomic mass is 32.1. The molecule has 1 aliphatic carbocycles. The van der Waals surface area contributed by atoms with Crippen molar-refractivity contribution in [2.45, 2.75) is 33.1 Å². The molecule has 1 aromatic heterocycles. The molecule has 2 aliphatic rings. The van der Waals surface area contributed by atoms with Gasteiger partial charge in [0.05, 0.1) is 5.69 Å². The zero-order chi connectivity index (χ0) is 20.4. The van der Waals surface area contributed by atoms with Gasteiger partial charge in [-0.2, -0.15) is 0 Å². The van der Waals surface area contributed by atoms with Gasteiger partial charge in [-0.3, -0.25) is 9.59 Å². The molecule has 6 nitrogen and oxygen atoms in total. The molecular formula is C22H28N4O2S. The fourth-order valence-electron chi connectivity index (χ4n) is 3.97. The first kappa shape index (κ1) is 19.9. The normalized spacial score (nSPS) is 19.2. The Morgan fingerprint density at radius 3 is 2.55 bits per heavy atom. The van der Waals surface area contributed by atoms with Crippen LogP contribution >= 0.6 is 11.3 Å². The van der Waals surface area contributed by atoms with Crippen LogP contribution in [0.15, 0.2) is 30.3 Å². The first-order valence-electron chi connectivity index (χ1n) is 10.4. The highest BCUT2D eigenvalue weighted by molar-refractivity contribution is 7.15. The summed E-state index contributed by atoms with van der Waals surface area (Å²) in [5.41, 5.74) is 2.00. The minimum absolute atomic E-state index is 0.00323. The van der Waals surface area contributed by atoms with E-state index in [0.29, 0.717) is 0 Å². The third kappa shape index (κ3) is 4.45. The average Bonchev–Trinajstić information content (AvgIpc) is 3.17. The highest BCUT2D eigenvalue weighted by Crippen LogP contribution is 2.35. The number of hydrogen-bond acceptors (Lipinski definition) is 5. The lowest BCUT2D eigenvalue weighted by atomic mass is 9.90. The molecule has 4 rings (SSSR count). The Morgan fingerprint density at radius 1 is 1.14 bits per heavy atom. The number of thiazole rings is 1. The second-order valence-electron chi connectivity index (χ2n) is 8.13. The quantitative estimate of drug-likeness (QED) is 0.838. The van der Waals surface area contributed by atoms with Crippen LogP contribution in [0.5, 0.6) is 0 Å². The maximum atomic E-state index is 12.7. The number of nitrogens with zero attached hydrogens (tertiary/aromatic N) is 3. The standard InChI is InChI=1S/C22H28N4O2S/c1-15(2)21(28)25-10-12-26(13-11-25)22-24-18-9-8-16(14-19(18)29-22)20(27)23-17-6-4-3-5-7-17/h3-7,15-16H,8-14H2,1-2H3,(H,23,27)/t16-/m1/s1. The molecule has 29 heavy (non-hydrogen) atoms. The molecule has 0 saturated carbocycles. The van der Waals surface area contributed by atoms with E-state index in [1.807, 2.05) is 49.1 Å². The molecule has 0 spiro atoms. The van der Waals surface area contributed by atoms with E-state index in [4.69, 9.17) is 4.98 Å². The molecule has 2 aromatic rings. The van der Waals surface area contributed by atoms with Crippen molar-refractivity contribution < 1.29 is 9.59 Å². The molecule has 1 aromatic carbocycles. The monoisotopic (exact) mass is 412 g/mol. The van der Waals surface area contributed by atoms with Gasteiger partial charge in [0.25, 0.3) is 0 Å². The van der Waals surface area contributed by atoms with E-state index in [9.17, 15) is 9.59 Å². The molecule has 7 heteroatoms. The number of amides is 2. The van der Waals surface area contributed by atoms with Gasteiger partial charge < -0.3 is 15.1 Å². The van der Waals surface area contributed by atoms with Gasteiger partial charge in [-0.1, -0.05) is 32.0 Å². The Morgan fingerprint density at radius 2 is 1.86 bits per heavy atom. The number of fused-ring (bicyclic) bond motifs is 1. The van der Waals surface area contributed by atoms with Crippen molar-refractivity contribution in [3.8, 4) is 0 Å². The number of nitrogens with one attached hydrogen (secondary N) is 1. The summed E-state index contributed by atoms with van der Waals surface area (Å²) in [5, 5.41) is 4.07. The predicted molar refractivity (Wildman–Crippen MR) is 116 cm³/mol. The molecule has 154 valence electrons. The summed E-state index contributed by atoms with van der Waals surface area (Å²) in [7, 11) is 0. The van der Waals surface area contributed by atoms with Crippen molar-refractivity contribution in [3.05, 3.63) is 40.9 Å². The Labute approximate surface area is 175 Å². The third-order valence-corrected chi connectivity index (χ3v) is 6.88. The van der Waals surface area contributed by atoms with Crippen LogP contribution in [0.1, 0.15) is 30.8 Å². The van der Waals surface area contributed by atoms with Gasteiger partial charge in [0.2, 0.25) is 11.8 Å². The van der Waals surface area contributed by atoms with Gasteiger partial charge in [-0.25, -0.2) is 4.98 Å². The summed E-state index contributed by atoms with van der Waals surface area (Å²) < 4.78 is 0. The summed E-state index contributed by atoms with van der Waals surface area (Å²) in [4.78, 5) is 35.2. The second kappa shape index (κ2) is 8.53. The topological polar surface area (TPSA) is 65.5 Å². The Bertz CT molecular complexity index is 872. The number of benzene rings is 1. The molecule has 1 fully saturated rings.